The SMILES string of the molecule is CN(C)C(=O)COc1ccc(-c2cncn2-c2n[nH]c3nc(NC(=O)C4CC4)sc23)c(Cl)c1. The quantitative estimate of drug-likeness (QED) is 0.414. The number of nitrogens with one attached hydrogen (secondary N) is 2. The number of carbonyl (C=O) groups excluding carboxylic acids is 2. The number of ether oxygens (including phenoxy) is 1. The van der Waals surface area contributed by atoms with Crippen LogP contribution in [-0.4, -0.2) is 62.1 Å². The van der Waals surface area contributed by atoms with Crippen molar-refractivity contribution in [2.24, 2.45) is 5.92 Å². The Balaban J connectivity index is 1.41. The van der Waals surface area contributed by atoms with Gasteiger partial charge in [0.2, 0.25) is 5.91 Å². The Morgan fingerprint density at radius 2 is 2.18 bits per heavy atom. The van der Waals surface area contributed by atoms with Crippen molar-refractivity contribution >= 4 is 50.2 Å². The number of hydrogen-bond donors (Lipinski definition) is 2. The van der Waals surface area contributed by atoms with Gasteiger partial charge in [0.1, 0.15) is 16.8 Å². The summed E-state index contributed by atoms with van der Waals surface area (Å²) < 4.78 is 8.14. The van der Waals surface area contributed by atoms with Crippen molar-refractivity contribution in [1.29, 1.82) is 0 Å². The van der Waals surface area contributed by atoms with Gasteiger partial charge in [-0.2, -0.15) is 5.10 Å². The number of likely N-dealkylation sites (N-methyl/N-ethyl adjacent to an activating group) is 1. The van der Waals surface area contributed by atoms with Gasteiger partial charge in [-0.3, -0.25) is 19.3 Å². The second kappa shape index (κ2) is 8.49. The number of nitrogens with zero attached hydrogens (tertiary/aromatic N) is 5. The third-order valence-corrected chi connectivity index (χ3v) is 6.50. The molecule has 4 aromatic rings. The molecule has 1 aliphatic rings. The fraction of sp³-hybridized carbons (Fsp3) is 0.286. The van der Waals surface area contributed by atoms with Crippen LogP contribution in [0.2, 0.25) is 5.02 Å². The highest BCUT2D eigenvalue weighted by Gasteiger charge is 2.30. The zero-order valence-electron chi connectivity index (χ0n) is 17.8. The van der Waals surface area contributed by atoms with Gasteiger partial charge >= 0.3 is 0 Å². The maximum Gasteiger partial charge on any atom is 0.259 e. The predicted octanol–water partition coefficient (Wildman–Crippen LogP) is 3.34. The van der Waals surface area contributed by atoms with Crippen molar-refractivity contribution in [1.82, 2.24) is 29.6 Å². The molecule has 0 spiro atoms. The first-order valence-electron chi connectivity index (χ1n) is 10.2. The summed E-state index contributed by atoms with van der Waals surface area (Å²) in [6, 6.07) is 5.22. The van der Waals surface area contributed by atoms with Crippen molar-refractivity contribution in [3.8, 4) is 22.8 Å². The van der Waals surface area contributed by atoms with Crippen LogP contribution < -0.4 is 10.1 Å². The van der Waals surface area contributed by atoms with Gasteiger partial charge in [-0.15, -0.1) is 0 Å². The van der Waals surface area contributed by atoms with Gasteiger partial charge in [0, 0.05) is 25.6 Å². The summed E-state index contributed by atoms with van der Waals surface area (Å²) >= 11 is 7.90. The molecule has 1 aliphatic carbocycles. The normalized spacial score (nSPS) is 13.3. The highest BCUT2D eigenvalue weighted by molar-refractivity contribution is 7.22. The van der Waals surface area contributed by atoms with E-state index in [-0.39, 0.29) is 24.3 Å². The van der Waals surface area contributed by atoms with Gasteiger partial charge in [0.05, 0.1) is 16.9 Å². The molecule has 3 heterocycles. The molecule has 3 aromatic heterocycles. The molecule has 12 heteroatoms. The summed E-state index contributed by atoms with van der Waals surface area (Å²) in [5.41, 5.74) is 2.03. The number of anilines is 1. The van der Waals surface area contributed by atoms with E-state index in [1.165, 1.54) is 16.2 Å². The molecule has 170 valence electrons. The number of hydrogen-bond acceptors (Lipinski definition) is 7. The Kier molecular flexibility index (Phi) is 5.51. The lowest BCUT2D eigenvalue weighted by Crippen LogP contribution is -2.27. The molecule has 2 N–H and O–H groups in total. The minimum Gasteiger partial charge on any atom is -0.484 e. The number of rotatable bonds is 7. The highest BCUT2D eigenvalue weighted by atomic mass is 35.5. The third-order valence-electron chi connectivity index (χ3n) is 5.22. The average Bonchev–Trinajstić information content (AvgIpc) is 3.22. The first-order valence-corrected chi connectivity index (χ1v) is 11.4. The van der Waals surface area contributed by atoms with Gasteiger partial charge in [-0.05, 0) is 31.0 Å². The Bertz CT molecular complexity index is 1360. The van der Waals surface area contributed by atoms with Crippen molar-refractivity contribution in [3.05, 3.63) is 35.7 Å². The highest BCUT2D eigenvalue weighted by Crippen LogP contribution is 2.36. The van der Waals surface area contributed by atoms with E-state index in [1.807, 2.05) is 6.07 Å². The maximum atomic E-state index is 12.1. The first kappa shape index (κ1) is 21.4. The topological polar surface area (TPSA) is 118 Å². The average molecular weight is 486 g/mol. The molecule has 0 unspecified atom stereocenters. The van der Waals surface area contributed by atoms with Crippen molar-refractivity contribution in [2.45, 2.75) is 12.8 Å². The van der Waals surface area contributed by atoms with E-state index < -0.39 is 0 Å². The van der Waals surface area contributed by atoms with Crippen LogP contribution in [0, 0.1) is 5.92 Å². The van der Waals surface area contributed by atoms with Crippen LogP contribution >= 0.6 is 22.9 Å². The van der Waals surface area contributed by atoms with E-state index in [0.717, 1.165) is 28.8 Å². The van der Waals surface area contributed by atoms with Crippen molar-refractivity contribution < 1.29 is 14.3 Å². The van der Waals surface area contributed by atoms with E-state index in [2.05, 4.69) is 25.5 Å². The smallest absolute Gasteiger partial charge is 0.259 e. The lowest BCUT2D eigenvalue weighted by molar-refractivity contribution is -0.130. The van der Waals surface area contributed by atoms with Crippen LogP contribution in [0.1, 0.15) is 12.8 Å². The molecule has 0 saturated heterocycles. The minimum atomic E-state index is -0.145. The summed E-state index contributed by atoms with van der Waals surface area (Å²) in [5, 5.41) is 11.2. The molecule has 1 fully saturated rings. The summed E-state index contributed by atoms with van der Waals surface area (Å²) in [6.07, 6.45) is 5.19. The van der Waals surface area contributed by atoms with Crippen molar-refractivity contribution in [2.75, 3.05) is 26.0 Å². The standard InChI is InChI=1S/C21H20ClN7O3S/c1-28(2)16(30)9-32-12-5-6-13(14(22)7-12)15-8-23-10-29(15)19-17-18(26-27-19)24-21(33-17)25-20(31)11-3-4-11/h5-8,10-11H,3-4,9H2,1-2H3,(H2,24,25,26,27,31). The fourth-order valence-electron chi connectivity index (χ4n) is 3.20. The molecule has 2 amide bonds. The number of thiazole rings is 1. The summed E-state index contributed by atoms with van der Waals surface area (Å²) in [5.74, 6) is 1.06. The second-order valence-corrected chi connectivity index (χ2v) is 9.28. The van der Waals surface area contributed by atoms with Gasteiger partial charge in [0.25, 0.3) is 5.91 Å². The van der Waals surface area contributed by atoms with E-state index in [1.54, 1.807) is 43.3 Å². The lowest BCUT2D eigenvalue weighted by Gasteiger charge is -2.13. The number of carbonyl (C=O) groups is 2. The molecule has 0 atom stereocenters. The molecule has 1 aromatic carbocycles. The molecule has 1 saturated carbocycles. The monoisotopic (exact) mass is 485 g/mol. The second-order valence-electron chi connectivity index (χ2n) is 7.87. The number of H-pyrrole nitrogens is 1. The molecular formula is C21H20ClN7O3S. The van der Waals surface area contributed by atoms with E-state index in [4.69, 9.17) is 16.3 Å². The Labute approximate surface area is 197 Å². The predicted molar refractivity (Wildman–Crippen MR) is 125 cm³/mol. The lowest BCUT2D eigenvalue weighted by atomic mass is 10.1. The fourth-order valence-corrected chi connectivity index (χ4v) is 4.38. The minimum absolute atomic E-state index is 0.00519. The maximum absolute atomic E-state index is 12.1. The van der Waals surface area contributed by atoms with E-state index in [9.17, 15) is 9.59 Å². The number of aromatic amines is 1. The molecule has 0 aliphatic heterocycles. The Hall–Kier alpha value is -3.44. The zero-order chi connectivity index (χ0) is 23.1. The largest absolute Gasteiger partial charge is 0.484 e. The molecule has 0 radical (unpaired) electrons. The number of imidazole rings is 1. The number of benzene rings is 1. The van der Waals surface area contributed by atoms with Crippen molar-refractivity contribution in [3.63, 3.8) is 0 Å². The van der Waals surface area contributed by atoms with Crippen LogP contribution in [-0.2, 0) is 9.59 Å². The molecular weight excluding hydrogens is 466 g/mol. The van der Waals surface area contributed by atoms with Crippen LogP contribution in [0.3, 0.4) is 0 Å². The summed E-state index contributed by atoms with van der Waals surface area (Å²) in [6.45, 7) is -0.0726. The van der Waals surface area contributed by atoms with Crippen LogP contribution in [0.25, 0.3) is 27.4 Å². The van der Waals surface area contributed by atoms with Gasteiger partial charge in [0.15, 0.2) is 23.2 Å². The first-order chi connectivity index (χ1) is 15.9. The van der Waals surface area contributed by atoms with Crippen LogP contribution in [0.4, 0.5) is 5.13 Å². The summed E-state index contributed by atoms with van der Waals surface area (Å²) in [7, 11) is 3.34. The van der Waals surface area contributed by atoms with Gasteiger partial charge < -0.3 is 15.0 Å². The number of amides is 2. The summed E-state index contributed by atoms with van der Waals surface area (Å²) in [4.78, 5) is 34.0. The van der Waals surface area contributed by atoms with Gasteiger partial charge in [-0.1, -0.05) is 22.9 Å². The zero-order valence-corrected chi connectivity index (χ0v) is 19.4. The van der Waals surface area contributed by atoms with Crippen LogP contribution in [0.15, 0.2) is 30.7 Å². The Morgan fingerprint density at radius 3 is 2.91 bits per heavy atom. The molecule has 33 heavy (non-hydrogen) atoms. The molecule has 0 bridgehead atoms. The number of halogens is 1. The van der Waals surface area contributed by atoms with E-state index in [0.29, 0.717) is 27.4 Å². The Morgan fingerprint density at radius 1 is 1.36 bits per heavy atom. The van der Waals surface area contributed by atoms with Crippen LogP contribution in [0.5, 0.6) is 5.75 Å². The molecule has 10 nitrogen and oxygen atoms in total. The number of aromatic nitrogens is 5. The molecule has 5 rings (SSSR count). The third kappa shape index (κ3) is 4.29. The number of fused-ring (bicyclic) bond motifs is 1. The van der Waals surface area contributed by atoms with Gasteiger partial charge in [-0.25, -0.2) is 9.97 Å². The van der Waals surface area contributed by atoms with E-state index >= 15 is 0 Å².